The first kappa shape index (κ1) is 13.2. The van der Waals surface area contributed by atoms with Crippen molar-refractivity contribution in [2.45, 2.75) is 13.8 Å². The molecule has 1 aromatic carbocycles. The van der Waals surface area contributed by atoms with E-state index in [-0.39, 0.29) is 0 Å². The number of hydrogen-bond acceptors (Lipinski definition) is 2. The van der Waals surface area contributed by atoms with E-state index in [2.05, 4.69) is 0 Å². The Bertz CT molecular complexity index is 642. The van der Waals surface area contributed by atoms with Crippen LogP contribution in [0.15, 0.2) is 24.3 Å². The summed E-state index contributed by atoms with van der Waals surface area (Å²) in [5.41, 5.74) is 9.87. The molecular weight excluding hydrogens is 240 g/mol. The molecule has 1 heterocycles. The van der Waals surface area contributed by atoms with Crippen molar-refractivity contribution in [2.75, 3.05) is 7.11 Å². The van der Waals surface area contributed by atoms with Gasteiger partial charge in [0.2, 0.25) is 0 Å². The van der Waals surface area contributed by atoms with Gasteiger partial charge in [-0.15, -0.1) is 0 Å². The Balaban J connectivity index is 2.56. The molecule has 100 valence electrons. The number of aromatic nitrogens is 1. The van der Waals surface area contributed by atoms with Crippen LogP contribution in [-0.2, 0) is 7.05 Å². The molecular formula is C15H18N2O2. The molecule has 1 amide bonds. The third kappa shape index (κ3) is 2.21. The van der Waals surface area contributed by atoms with E-state index in [0.29, 0.717) is 5.56 Å². The Kier molecular flexibility index (Phi) is 3.34. The lowest BCUT2D eigenvalue weighted by molar-refractivity contribution is 0.0999. The summed E-state index contributed by atoms with van der Waals surface area (Å²) >= 11 is 0. The van der Waals surface area contributed by atoms with Crippen LogP contribution < -0.4 is 10.5 Å². The Hall–Kier alpha value is -2.23. The molecule has 0 atom stereocenters. The van der Waals surface area contributed by atoms with Gasteiger partial charge >= 0.3 is 0 Å². The summed E-state index contributed by atoms with van der Waals surface area (Å²) in [5, 5.41) is 0. The summed E-state index contributed by atoms with van der Waals surface area (Å²) in [5.74, 6) is 0.453. The summed E-state index contributed by atoms with van der Waals surface area (Å²) in [6.07, 6.45) is 0. The van der Waals surface area contributed by atoms with Crippen LogP contribution in [-0.4, -0.2) is 17.6 Å². The average molecular weight is 258 g/mol. The van der Waals surface area contributed by atoms with Gasteiger partial charge in [0, 0.05) is 18.4 Å². The smallest absolute Gasteiger partial charge is 0.250 e. The third-order valence-electron chi connectivity index (χ3n) is 3.49. The third-order valence-corrected chi connectivity index (χ3v) is 3.49. The molecule has 0 fully saturated rings. The monoisotopic (exact) mass is 258 g/mol. The number of benzene rings is 1. The zero-order valence-electron chi connectivity index (χ0n) is 11.7. The molecule has 0 spiro atoms. The normalized spacial score (nSPS) is 10.5. The van der Waals surface area contributed by atoms with E-state index < -0.39 is 5.91 Å². The number of carbonyl (C=O) groups is 1. The first-order valence-corrected chi connectivity index (χ1v) is 6.06. The van der Waals surface area contributed by atoms with Gasteiger partial charge in [-0.25, -0.2) is 0 Å². The van der Waals surface area contributed by atoms with E-state index in [0.717, 1.165) is 28.3 Å². The van der Waals surface area contributed by atoms with Crippen molar-refractivity contribution in [1.82, 2.24) is 4.57 Å². The topological polar surface area (TPSA) is 57.2 Å². The number of amides is 1. The Morgan fingerprint density at radius 3 is 2.42 bits per heavy atom. The van der Waals surface area contributed by atoms with E-state index in [9.17, 15) is 4.79 Å². The molecule has 0 aliphatic heterocycles. The predicted octanol–water partition coefficient (Wildman–Crippen LogP) is 2.42. The van der Waals surface area contributed by atoms with E-state index >= 15 is 0 Å². The van der Waals surface area contributed by atoms with Gasteiger partial charge in [-0.3, -0.25) is 4.79 Å². The first-order valence-electron chi connectivity index (χ1n) is 6.06. The van der Waals surface area contributed by atoms with Crippen LogP contribution >= 0.6 is 0 Å². The number of nitrogens with zero attached hydrogens (tertiary/aromatic N) is 1. The molecule has 19 heavy (non-hydrogen) atoms. The van der Waals surface area contributed by atoms with Crippen LogP contribution in [0.2, 0.25) is 0 Å². The lowest BCUT2D eigenvalue weighted by Crippen LogP contribution is -2.11. The zero-order valence-corrected chi connectivity index (χ0v) is 11.7. The molecule has 2 N–H and O–H groups in total. The van der Waals surface area contributed by atoms with Gasteiger partial charge in [-0.05, 0) is 49.2 Å². The molecule has 0 saturated heterocycles. The number of primary amides is 1. The number of aryl methyl sites for hydroxylation is 1. The van der Waals surface area contributed by atoms with Crippen molar-refractivity contribution in [1.29, 1.82) is 0 Å². The highest BCUT2D eigenvalue weighted by Crippen LogP contribution is 2.28. The number of nitrogens with two attached hydrogens (primary N) is 1. The number of hydrogen-bond donors (Lipinski definition) is 1. The summed E-state index contributed by atoms with van der Waals surface area (Å²) in [6, 6.07) is 7.78. The van der Waals surface area contributed by atoms with Gasteiger partial charge in [0.25, 0.3) is 5.91 Å². The molecule has 1 aromatic heterocycles. The van der Waals surface area contributed by atoms with Crippen molar-refractivity contribution in [3.8, 4) is 17.0 Å². The van der Waals surface area contributed by atoms with Crippen LogP contribution in [0.5, 0.6) is 5.75 Å². The average Bonchev–Trinajstić information content (AvgIpc) is 2.66. The first-order chi connectivity index (χ1) is 8.95. The van der Waals surface area contributed by atoms with Crippen LogP contribution in [0.3, 0.4) is 0 Å². The van der Waals surface area contributed by atoms with Gasteiger partial charge in [0.1, 0.15) is 5.75 Å². The zero-order chi connectivity index (χ0) is 14.2. The molecule has 4 nitrogen and oxygen atoms in total. The molecule has 0 saturated carbocycles. The van der Waals surface area contributed by atoms with Crippen LogP contribution in [0.4, 0.5) is 0 Å². The highest BCUT2D eigenvalue weighted by molar-refractivity contribution is 5.95. The summed E-state index contributed by atoms with van der Waals surface area (Å²) in [7, 11) is 3.58. The van der Waals surface area contributed by atoms with Crippen molar-refractivity contribution < 1.29 is 9.53 Å². The Morgan fingerprint density at radius 1 is 1.26 bits per heavy atom. The van der Waals surface area contributed by atoms with Crippen LogP contribution in [0.1, 0.15) is 21.6 Å². The number of rotatable bonds is 3. The Morgan fingerprint density at radius 2 is 1.95 bits per heavy atom. The van der Waals surface area contributed by atoms with Gasteiger partial charge in [0.05, 0.1) is 12.7 Å². The number of ether oxygens (including phenoxy) is 1. The lowest BCUT2D eigenvalue weighted by atomic mass is 10.1. The lowest BCUT2D eigenvalue weighted by Gasteiger charge is -2.09. The SMILES string of the molecule is COc1ccc(-c2cc(C(N)=O)c(C)n2C)cc1C. The van der Waals surface area contributed by atoms with E-state index in [1.54, 1.807) is 7.11 Å². The maximum absolute atomic E-state index is 11.4. The van der Waals surface area contributed by atoms with Crippen molar-refractivity contribution in [3.05, 3.63) is 41.1 Å². The summed E-state index contributed by atoms with van der Waals surface area (Å²) < 4.78 is 7.23. The quantitative estimate of drug-likeness (QED) is 0.919. The van der Waals surface area contributed by atoms with E-state index in [4.69, 9.17) is 10.5 Å². The van der Waals surface area contributed by atoms with Crippen molar-refractivity contribution in [2.24, 2.45) is 12.8 Å². The highest BCUT2D eigenvalue weighted by atomic mass is 16.5. The summed E-state index contributed by atoms with van der Waals surface area (Å²) in [4.78, 5) is 11.4. The molecule has 2 aromatic rings. The fourth-order valence-electron chi connectivity index (χ4n) is 2.26. The van der Waals surface area contributed by atoms with Crippen LogP contribution in [0, 0.1) is 13.8 Å². The van der Waals surface area contributed by atoms with Gasteiger partial charge < -0.3 is 15.0 Å². The maximum atomic E-state index is 11.4. The van der Waals surface area contributed by atoms with Gasteiger partial charge in [0.15, 0.2) is 0 Å². The fraction of sp³-hybridized carbons (Fsp3) is 0.267. The minimum Gasteiger partial charge on any atom is -0.496 e. The molecule has 0 aliphatic carbocycles. The van der Waals surface area contributed by atoms with Gasteiger partial charge in [-0.2, -0.15) is 0 Å². The molecule has 0 unspecified atom stereocenters. The van der Waals surface area contributed by atoms with Crippen molar-refractivity contribution >= 4 is 5.91 Å². The standard InChI is InChI=1S/C15H18N2O2/c1-9-7-11(5-6-14(9)19-4)13-8-12(15(16)18)10(2)17(13)3/h5-8H,1-4H3,(H2,16,18). The second-order valence-corrected chi connectivity index (χ2v) is 4.64. The fourth-order valence-corrected chi connectivity index (χ4v) is 2.26. The van der Waals surface area contributed by atoms with Gasteiger partial charge in [-0.1, -0.05) is 0 Å². The largest absolute Gasteiger partial charge is 0.496 e. The summed E-state index contributed by atoms with van der Waals surface area (Å²) in [6.45, 7) is 3.88. The Labute approximate surface area is 112 Å². The maximum Gasteiger partial charge on any atom is 0.250 e. The van der Waals surface area contributed by atoms with Crippen LogP contribution in [0.25, 0.3) is 11.3 Å². The number of carbonyl (C=O) groups excluding carboxylic acids is 1. The molecule has 0 aliphatic rings. The number of methoxy groups -OCH3 is 1. The van der Waals surface area contributed by atoms with E-state index in [1.807, 2.05) is 49.7 Å². The molecule has 4 heteroatoms. The van der Waals surface area contributed by atoms with E-state index in [1.165, 1.54) is 0 Å². The minimum atomic E-state index is -0.399. The molecule has 0 bridgehead atoms. The van der Waals surface area contributed by atoms with Crippen molar-refractivity contribution in [3.63, 3.8) is 0 Å². The second-order valence-electron chi connectivity index (χ2n) is 4.64. The minimum absolute atomic E-state index is 0.399. The molecule has 0 radical (unpaired) electrons. The second kappa shape index (κ2) is 4.80. The molecule has 2 rings (SSSR count). The predicted molar refractivity (Wildman–Crippen MR) is 75.4 cm³/mol. The highest BCUT2D eigenvalue weighted by Gasteiger charge is 2.14.